The predicted molar refractivity (Wildman–Crippen MR) is 360 cm³/mol. The number of unbranched alkanes of at least 4 members (excludes halogenated alkanes) is 32. The molecule has 0 unspecified atom stereocenters. The molecule has 89 heavy (non-hydrogen) atoms. The first-order valence-corrected chi connectivity index (χ1v) is 36.9. The summed E-state index contributed by atoms with van der Waals surface area (Å²) in [5.74, 6) is -3.13. The van der Waals surface area contributed by atoms with Crippen LogP contribution in [-0.4, -0.2) is 114 Å². The average Bonchev–Trinajstić information content (AvgIpc) is 3.12. The van der Waals surface area contributed by atoms with Gasteiger partial charge in [0.1, 0.15) is 20.2 Å². The smallest absolute Gasteiger partial charge is 0.744 e. The van der Waals surface area contributed by atoms with Crippen molar-refractivity contribution in [1.29, 1.82) is 0 Å². The van der Waals surface area contributed by atoms with E-state index in [9.17, 15) is 45.1 Å². The Kier molecular flexibility index (Phi) is 55.8. The van der Waals surface area contributed by atoms with E-state index in [-0.39, 0.29) is 86.4 Å². The molecule has 14 nitrogen and oxygen atoms in total. The van der Waals surface area contributed by atoms with Crippen LogP contribution in [0.5, 0.6) is 0 Å². The Morgan fingerprint density at radius 1 is 0.303 bits per heavy atom. The first-order chi connectivity index (χ1) is 42.6. The number of hydrogen-bond acceptors (Lipinski definition) is 14. The molecule has 0 atom stereocenters. The van der Waals surface area contributed by atoms with E-state index in [1.54, 1.807) is 0 Å². The van der Waals surface area contributed by atoms with Crippen molar-refractivity contribution in [2.45, 2.75) is 294 Å². The average molecular weight is 1310 g/mol. The van der Waals surface area contributed by atoms with Crippen LogP contribution in [0.4, 0.5) is 0 Å². The molecule has 0 bridgehead atoms. The number of ether oxygens (including phenoxy) is 4. The maximum atomic E-state index is 12.8. The maximum Gasteiger partial charge on any atom is 2.00 e. The molecule has 0 radical (unpaired) electrons. The number of benzene rings is 2. The standard InChI is InChI=1S/2C36H58O7S.Ca/c2*1-3-5-7-9-11-13-15-17-19-21-23-25-29-42-35(37)33-28-27-32(44(39,40)41)31-34(33)36(38)43-30-26-24-22-20-18-16-14-12-10-8-6-4-2;/h2*7-10,27-28,31H,3-6,11-26,29-30H2,1-2H3,(H,39,40,41);/q;;+2/p-2/b2*9-7+,10-8+;. The van der Waals surface area contributed by atoms with Gasteiger partial charge in [-0.15, -0.1) is 0 Å². The van der Waals surface area contributed by atoms with Crippen molar-refractivity contribution < 1.29 is 64.1 Å². The van der Waals surface area contributed by atoms with Crippen LogP contribution in [0.1, 0.15) is 326 Å². The van der Waals surface area contributed by atoms with Gasteiger partial charge in [-0.1, -0.05) is 230 Å². The predicted octanol–water partition coefficient (Wildman–Crippen LogP) is 19.3. The summed E-state index contributed by atoms with van der Waals surface area (Å²) in [6.07, 6.45) is 61.6. The van der Waals surface area contributed by atoms with E-state index in [4.69, 9.17) is 18.9 Å². The molecule has 0 aromatic heterocycles. The van der Waals surface area contributed by atoms with Crippen molar-refractivity contribution in [3.8, 4) is 0 Å². The van der Waals surface area contributed by atoms with Crippen molar-refractivity contribution in [1.82, 2.24) is 0 Å². The Hall–Kier alpha value is -3.64. The van der Waals surface area contributed by atoms with Crippen molar-refractivity contribution in [2.75, 3.05) is 26.4 Å². The second-order valence-electron chi connectivity index (χ2n) is 23.0. The molecular formula is C72H114CaO14S2. The largest absolute Gasteiger partial charge is 2.00 e. The molecular weight excluding hydrogens is 1190 g/mol. The number of carbonyl (C=O) groups is 4. The second kappa shape index (κ2) is 58.2. The molecule has 17 heteroatoms. The van der Waals surface area contributed by atoms with Gasteiger partial charge in [-0.3, -0.25) is 0 Å². The van der Waals surface area contributed by atoms with Crippen LogP contribution in [0.15, 0.2) is 94.8 Å². The second-order valence-corrected chi connectivity index (χ2v) is 25.7. The zero-order valence-electron chi connectivity index (χ0n) is 55.4. The third kappa shape index (κ3) is 47.0. The van der Waals surface area contributed by atoms with E-state index < -0.39 is 53.9 Å². The summed E-state index contributed by atoms with van der Waals surface area (Å²) < 4.78 is 90.8. The van der Waals surface area contributed by atoms with Crippen molar-refractivity contribution in [3.63, 3.8) is 0 Å². The fourth-order valence-electron chi connectivity index (χ4n) is 9.62. The van der Waals surface area contributed by atoms with Gasteiger partial charge in [-0.25, -0.2) is 36.0 Å². The minimum absolute atomic E-state index is 0. The van der Waals surface area contributed by atoms with Crippen molar-refractivity contribution in [3.05, 3.63) is 107 Å². The van der Waals surface area contributed by atoms with Crippen LogP contribution < -0.4 is 0 Å². The van der Waals surface area contributed by atoms with E-state index >= 15 is 0 Å². The number of rotatable bonds is 54. The number of esters is 4. The summed E-state index contributed by atoms with van der Waals surface area (Å²) in [5, 5.41) is 0. The summed E-state index contributed by atoms with van der Waals surface area (Å²) >= 11 is 0. The number of hydrogen-bond donors (Lipinski definition) is 0. The SMILES string of the molecule is CCC/C=C/CCCCCCCCCOC(=O)c1ccc(S(=O)(=O)[O-])cc1C(=O)OCCCCCCCCC/C=C/CCC.CCC/C=C/CCCCCCCCCOC(=O)c1ccc(S(=O)(=O)[O-])cc1C(=O)OCCCCCCCCC/C=C/CCC.[Ca+2]. The fraction of sp³-hybridized carbons (Fsp3) is 0.667. The van der Waals surface area contributed by atoms with Gasteiger partial charge < -0.3 is 28.1 Å². The summed E-state index contributed by atoms with van der Waals surface area (Å²) in [7, 11) is -9.62. The van der Waals surface area contributed by atoms with Gasteiger partial charge in [0, 0.05) is 0 Å². The molecule has 0 aliphatic rings. The van der Waals surface area contributed by atoms with Crippen molar-refractivity contribution >= 4 is 81.9 Å². The molecule has 2 aromatic rings. The third-order valence-electron chi connectivity index (χ3n) is 14.9. The van der Waals surface area contributed by atoms with Crippen LogP contribution in [-0.2, 0) is 39.2 Å². The third-order valence-corrected chi connectivity index (χ3v) is 16.6. The Morgan fingerprint density at radius 3 is 0.708 bits per heavy atom. The van der Waals surface area contributed by atoms with E-state index in [1.165, 1.54) is 103 Å². The molecule has 2 rings (SSSR count). The van der Waals surface area contributed by atoms with Gasteiger partial charge in [0.25, 0.3) is 0 Å². The Balaban J connectivity index is 0.00000172. The molecule has 0 spiro atoms. The zero-order valence-corrected chi connectivity index (χ0v) is 59.3. The normalized spacial score (nSPS) is 11.8. The van der Waals surface area contributed by atoms with Gasteiger partial charge in [0.2, 0.25) is 0 Å². The Bertz CT molecular complexity index is 2330. The van der Waals surface area contributed by atoms with E-state index in [2.05, 4.69) is 76.3 Å². The summed E-state index contributed by atoms with van der Waals surface area (Å²) in [5.41, 5.74) is -0.714. The molecule has 0 saturated carbocycles. The molecule has 0 N–H and O–H groups in total. The minimum atomic E-state index is -4.81. The van der Waals surface area contributed by atoms with Crippen molar-refractivity contribution in [2.24, 2.45) is 0 Å². The topological polar surface area (TPSA) is 220 Å². The molecule has 0 aliphatic carbocycles. The Morgan fingerprint density at radius 2 is 0.494 bits per heavy atom. The van der Waals surface area contributed by atoms with Gasteiger partial charge >= 0.3 is 61.6 Å². The van der Waals surface area contributed by atoms with Gasteiger partial charge in [0.05, 0.1) is 58.5 Å². The van der Waals surface area contributed by atoms with E-state index in [0.717, 1.165) is 165 Å². The Labute approximate surface area is 569 Å². The molecule has 0 amide bonds. The molecule has 2 aromatic carbocycles. The molecule has 0 heterocycles. The molecule has 0 aliphatic heterocycles. The zero-order chi connectivity index (χ0) is 64.6. The fourth-order valence-corrected chi connectivity index (χ4v) is 10.6. The summed E-state index contributed by atoms with van der Waals surface area (Å²) in [6, 6.07) is 6.19. The monoisotopic (exact) mass is 1310 g/mol. The quantitative estimate of drug-likeness (QED) is 0.0150. The molecule has 0 fully saturated rings. The first kappa shape index (κ1) is 85.4. The number of carbonyl (C=O) groups excluding carboxylic acids is 4. The van der Waals surface area contributed by atoms with E-state index in [0.29, 0.717) is 25.7 Å². The molecule has 500 valence electrons. The molecule has 0 saturated heterocycles. The van der Waals surface area contributed by atoms with E-state index in [1.807, 2.05) is 0 Å². The van der Waals surface area contributed by atoms with Gasteiger partial charge in [-0.05, 0) is 139 Å². The van der Waals surface area contributed by atoms with Crippen LogP contribution in [0.3, 0.4) is 0 Å². The van der Waals surface area contributed by atoms with Crippen LogP contribution in [0, 0.1) is 0 Å². The van der Waals surface area contributed by atoms with Crippen LogP contribution in [0.25, 0.3) is 0 Å². The van der Waals surface area contributed by atoms with Crippen LogP contribution >= 0.6 is 0 Å². The minimum Gasteiger partial charge on any atom is -0.744 e. The summed E-state index contributed by atoms with van der Waals surface area (Å²) in [4.78, 5) is 49.9. The van der Waals surface area contributed by atoms with Crippen LogP contribution in [0.2, 0.25) is 0 Å². The first-order valence-electron chi connectivity index (χ1n) is 34.1. The number of allylic oxidation sites excluding steroid dienone is 8. The summed E-state index contributed by atoms with van der Waals surface area (Å²) in [6.45, 7) is 9.43. The maximum absolute atomic E-state index is 12.8. The van der Waals surface area contributed by atoms with Gasteiger partial charge in [0.15, 0.2) is 0 Å². The van der Waals surface area contributed by atoms with Gasteiger partial charge in [-0.2, -0.15) is 0 Å².